The van der Waals surface area contributed by atoms with E-state index in [0.717, 1.165) is 6.08 Å². The summed E-state index contributed by atoms with van der Waals surface area (Å²) in [7, 11) is 0. The van der Waals surface area contributed by atoms with Gasteiger partial charge in [-0.15, -0.1) is 0 Å². The van der Waals surface area contributed by atoms with E-state index in [1.54, 1.807) is 13.8 Å². The number of ether oxygens (including phenoxy) is 2. The van der Waals surface area contributed by atoms with Crippen LogP contribution in [-0.4, -0.2) is 25.2 Å². The van der Waals surface area contributed by atoms with Crippen LogP contribution >= 0.6 is 0 Å². The first-order valence-electron chi connectivity index (χ1n) is 4.00. The Kier molecular flexibility index (Phi) is 5.43. The molecule has 0 aliphatic rings. The van der Waals surface area contributed by atoms with Gasteiger partial charge in [0.15, 0.2) is 0 Å². The molecule has 72 valence electrons. The highest BCUT2D eigenvalue weighted by molar-refractivity contribution is 6.12. The van der Waals surface area contributed by atoms with Gasteiger partial charge in [0.2, 0.25) is 0 Å². The third kappa shape index (κ3) is 3.64. The first kappa shape index (κ1) is 11.6. The van der Waals surface area contributed by atoms with Crippen molar-refractivity contribution in [2.24, 2.45) is 0 Å². The number of rotatable bonds is 5. The van der Waals surface area contributed by atoms with Gasteiger partial charge in [0.05, 0.1) is 13.2 Å². The molecule has 0 saturated heterocycles. The molecule has 0 saturated carbocycles. The Morgan fingerprint density at radius 3 is 1.85 bits per heavy atom. The first-order chi connectivity index (χ1) is 6.17. The van der Waals surface area contributed by atoms with E-state index in [2.05, 4.69) is 16.1 Å². The highest BCUT2D eigenvalue weighted by atomic mass is 16.6. The minimum absolute atomic E-state index is 0.163. The highest BCUT2D eigenvalue weighted by Gasteiger charge is 2.35. The van der Waals surface area contributed by atoms with Crippen LogP contribution in [0, 0.1) is 5.92 Å². The van der Waals surface area contributed by atoms with Crippen LogP contribution in [0.5, 0.6) is 0 Å². The Labute approximate surface area is 77.5 Å². The second-order valence-electron chi connectivity index (χ2n) is 2.06. The summed E-state index contributed by atoms with van der Waals surface area (Å²) in [6, 6.07) is 0. The molecule has 13 heavy (non-hydrogen) atoms. The zero-order valence-corrected chi connectivity index (χ0v) is 7.83. The van der Waals surface area contributed by atoms with E-state index in [1.165, 1.54) is 0 Å². The SMILES string of the molecule is C=C[C+](C(=O)OCC)C(=O)OCC. The number of carbonyl (C=O) groups excluding carboxylic acids is 2. The van der Waals surface area contributed by atoms with Crippen LogP contribution in [-0.2, 0) is 19.1 Å². The smallest absolute Gasteiger partial charge is 0.431 e. The molecule has 0 aliphatic carbocycles. The van der Waals surface area contributed by atoms with Crippen LogP contribution in [0.2, 0.25) is 0 Å². The van der Waals surface area contributed by atoms with E-state index in [9.17, 15) is 9.59 Å². The van der Waals surface area contributed by atoms with Crippen molar-refractivity contribution in [2.75, 3.05) is 13.2 Å². The van der Waals surface area contributed by atoms with Crippen LogP contribution in [0.3, 0.4) is 0 Å². The molecule has 0 amide bonds. The lowest BCUT2D eigenvalue weighted by atomic mass is 10.1. The summed E-state index contributed by atoms with van der Waals surface area (Å²) in [6.07, 6.45) is 1.13. The Balaban J connectivity index is 4.23. The molecule has 0 N–H and O–H groups in total. The quantitative estimate of drug-likeness (QED) is 0.362. The summed E-state index contributed by atoms with van der Waals surface area (Å²) in [5.74, 6) is -1.56. The molecule has 0 aliphatic heterocycles. The van der Waals surface area contributed by atoms with Gasteiger partial charge in [0.25, 0.3) is 5.92 Å². The average molecular weight is 185 g/mol. The lowest BCUT2D eigenvalue weighted by molar-refractivity contribution is -0.149. The largest absolute Gasteiger partial charge is 0.447 e. The fourth-order valence-electron chi connectivity index (χ4n) is 0.668. The van der Waals surface area contributed by atoms with Gasteiger partial charge in [-0.2, -0.15) is 0 Å². The predicted octanol–water partition coefficient (Wildman–Crippen LogP) is 0.873. The summed E-state index contributed by atoms with van der Waals surface area (Å²) < 4.78 is 9.23. The molecular formula is C9H13O4+. The first-order valence-corrected chi connectivity index (χ1v) is 4.00. The lowest BCUT2D eigenvalue weighted by Gasteiger charge is -2.02. The van der Waals surface area contributed by atoms with Gasteiger partial charge >= 0.3 is 11.9 Å². The number of hydrogen-bond donors (Lipinski definition) is 0. The second-order valence-corrected chi connectivity index (χ2v) is 2.06. The van der Waals surface area contributed by atoms with E-state index in [1.807, 2.05) is 0 Å². The molecule has 0 heterocycles. The number of carbonyl (C=O) groups is 2. The number of hydrogen-bond acceptors (Lipinski definition) is 4. The van der Waals surface area contributed by atoms with Crippen molar-refractivity contribution >= 4 is 11.9 Å². The fourth-order valence-corrected chi connectivity index (χ4v) is 0.668. The maximum absolute atomic E-state index is 11.1. The van der Waals surface area contributed by atoms with Crippen LogP contribution < -0.4 is 0 Å². The Hall–Kier alpha value is -1.45. The molecule has 0 spiro atoms. The van der Waals surface area contributed by atoms with E-state index in [0.29, 0.717) is 0 Å². The third-order valence-corrected chi connectivity index (χ3v) is 1.19. The van der Waals surface area contributed by atoms with E-state index < -0.39 is 11.9 Å². The topological polar surface area (TPSA) is 52.6 Å². The van der Waals surface area contributed by atoms with Crippen molar-refractivity contribution in [2.45, 2.75) is 13.8 Å². The van der Waals surface area contributed by atoms with Gasteiger partial charge in [-0.3, -0.25) is 0 Å². The standard InChI is InChI=1S/C9H13O4/c1-4-7(8(10)12-5-2)9(11)13-6-3/h4H,1,5-6H2,2-3H3/q+1. The van der Waals surface area contributed by atoms with Crippen molar-refractivity contribution in [3.63, 3.8) is 0 Å². The van der Waals surface area contributed by atoms with Crippen molar-refractivity contribution in [1.29, 1.82) is 0 Å². The molecule has 0 atom stereocenters. The predicted molar refractivity (Wildman–Crippen MR) is 46.7 cm³/mol. The van der Waals surface area contributed by atoms with Crippen LogP contribution in [0.15, 0.2) is 12.7 Å². The molecule has 0 unspecified atom stereocenters. The zero-order chi connectivity index (χ0) is 10.3. The molecule has 0 aromatic heterocycles. The fraction of sp³-hybridized carbons (Fsp3) is 0.444. The zero-order valence-electron chi connectivity index (χ0n) is 7.83. The average Bonchev–Trinajstić information content (AvgIpc) is 2.06. The van der Waals surface area contributed by atoms with Gasteiger partial charge in [-0.05, 0) is 13.8 Å². The Morgan fingerprint density at radius 2 is 1.62 bits per heavy atom. The monoisotopic (exact) mass is 185 g/mol. The summed E-state index contributed by atoms with van der Waals surface area (Å²) in [6.45, 7) is 7.08. The van der Waals surface area contributed by atoms with Gasteiger partial charge in [-0.1, -0.05) is 0 Å². The minimum Gasteiger partial charge on any atom is -0.447 e. The Bertz CT molecular complexity index is 180. The van der Waals surface area contributed by atoms with Gasteiger partial charge in [0, 0.05) is 6.58 Å². The molecule has 0 fully saturated rings. The van der Waals surface area contributed by atoms with Crippen molar-refractivity contribution in [1.82, 2.24) is 0 Å². The van der Waals surface area contributed by atoms with Crippen LogP contribution in [0.1, 0.15) is 13.8 Å². The highest BCUT2D eigenvalue weighted by Crippen LogP contribution is 2.06. The summed E-state index contributed by atoms with van der Waals surface area (Å²) >= 11 is 0. The molecule has 0 radical (unpaired) electrons. The maximum atomic E-state index is 11.1. The molecule has 0 bridgehead atoms. The van der Waals surface area contributed by atoms with Gasteiger partial charge in [-0.25, -0.2) is 9.59 Å². The molecule has 0 aromatic rings. The summed E-state index contributed by atoms with van der Waals surface area (Å²) in [4.78, 5) is 22.1. The van der Waals surface area contributed by atoms with E-state index in [-0.39, 0.29) is 19.1 Å². The third-order valence-electron chi connectivity index (χ3n) is 1.19. The molecular weight excluding hydrogens is 172 g/mol. The van der Waals surface area contributed by atoms with Crippen LogP contribution in [0.25, 0.3) is 0 Å². The van der Waals surface area contributed by atoms with Gasteiger partial charge < -0.3 is 9.47 Å². The normalized spacial score (nSPS) is 8.77. The minimum atomic E-state index is -0.698. The van der Waals surface area contributed by atoms with E-state index >= 15 is 0 Å². The second kappa shape index (κ2) is 6.11. The van der Waals surface area contributed by atoms with Crippen molar-refractivity contribution in [3.8, 4) is 0 Å². The van der Waals surface area contributed by atoms with Crippen LogP contribution in [0.4, 0.5) is 0 Å². The van der Waals surface area contributed by atoms with Gasteiger partial charge in [0.1, 0.15) is 6.08 Å². The summed E-state index contributed by atoms with van der Waals surface area (Å²) in [5, 5.41) is 0. The maximum Gasteiger partial charge on any atom is 0.431 e. The molecule has 4 nitrogen and oxygen atoms in total. The van der Waals surface area contributed by atoms with Crippen molar-refractivity contribution < 1.29 is 19.1 Å². The Morgan fingerprint density at radius 1 is 1.23 bits per heavy atom. The summed E-state index contributed by atoms with van der Waals surface area (Å²) in [5.41, 5.74) is 0. The van der Waals surface area contributed by atoms with Crippen molar-refractivity contribution in [3.05, 3.63) is 18.6 Å². The number of esters is 2. The molecule has 0 aromatic carbocycles. The molecule has 0 rings (SSSR count). The molecule has 4 heteroatoms. The lowest BCUT2D eigenvalue weighted by Crippen LogP contribution is -2.24. The van der Waals surface area contributed by atoms with E-state index in [4.69, 9.17) is 0 Å².